The van der Waals surface area contributed by atoms with Crippen molar-refractivity contribution in [2.24, 2.45) is 4.99 Å². The van der Waals surface area contributed by atoms with Crippen LogP contribution in [0.5, 0.6) is 5.75 Å². The van der Waals surface area contributed by atoms with Crippen LogP contribution < -0.4 is 20.7 Å². The summed E-state index contributed by atoms with van der Waals surface area (Å²) < 4.78 is 5.66. The number of nitrogens with one attached hydrogen (secondary N) is 3. The quantitative estimate of drug-likeness (QED) is 0.448. The largest absolute Gasteiger partial charge is 0.494 e. The predicted octanol–water partition coefficient (Wildman–Crippen LogP) is 3.48. The number of hydrogen-bond donors (Lipinski definition) is 3. The summed E-state index contributed by atoms with van der Waals surface area (Å²) in [6, 6.07) is 15.7. The van der Waals surface area contributed by atoms with E-state index in [2.05, 4.69) is 27.9 Å². The molecule has 0 saturated carbocycles. The average Bonchev–Trinajstić information content (AvgIpc) is 2.75. The standard InChI is InChI=1S/C23H32N4O2/c1-5-17(3)27-22(28)19-13-11-18(12-14-19)15-25-23(24-4)26-16-20-9-7-8-10-21(20)29-6-2/h7-14,17H,5-6,15-16H2,1-4H3,(H,27,28)(H2,24,25,26). The fraction of sp³-hybridized carbons (Fsp3) is 0.391. The molecule has 0 spiro atoms. The lowest BCUT2D eigenvalue weighted by Gasteiger charge is -2.15. The molecule has 6 heteroatoms. The highest BCUT2D eigenvalue weighted by Crippen LogP contribution is 2.17. The first-order valence-electron chi connectivity index (χ1n) is 10.1. The van der Waals surface area contributed by atoms with Crippen LogP contribution in [0.25, 0.3) is 0 Å². The van der Waals surface area contributed by atoms with E-state index in [-0.39, 0.29) is 11.9 Å². The van der Waals surface area contributed by atoms with Gasteiger partial charge in [-0.25, -0.2) is 0 Å². The van der Waals surface area contributed by atoms with Crippen LogP contribution in [0.4, 0.5) is 0 Å². The smallest absolute Gasteiger partial charge is 0.251 e. The number of amides is 1. The Kier molecular flexibility index (Phi) is 9.02. The lowest BCUT2D eigenvalue weighted by molar-refractivity contribution is 0.0939. The average molecular weight is 397 g/mol. The van der Waals surface area contributed by atoms with Crippen LogP contribution in [0.3, 0.4) is 0 Å². The van der Waals surface area contributed by atoms with Gasteiger partial charge in [0.2, 0.25) is 0 Å². The zero-order chi connectivity index (χ0) is 21.1. The van der Waals surface area contributed by atoms with Gasteiger partial charge in [-0.2, -0.15) is 0 Å². The van der Waals surface area contributed by atoms with Gasteiger partial charge in [0.1, 0.15) is 5.75 Å². The second kappa shape index (κ2) is 11.7. The molecule has 0 aliphatic carbocycles. The van der Waals surface area contributed by atoms with Gasteiger partial charge in [-0.1, -0.05) is 37.3 Å². The monoisotopic (exact) mass is 396 g/mol. The number of rotatable bonds is 9. The Hall–Kier alpha value is -3.02. The van der Waals surface area contributed by atoms with E-state index >= 15 is 0 Å². The van der Waals surface area contributed by atoms with Crippen LogP contribution in [-0.2, 0) is 13.1 Å². The zero-order valence-electron chi connectivity index (χ0n) is 17.8. The molecule has 2 rings (SSSR count). The van der Waals surface area contributed by atoms with E-state index in [1.54, 1.807) is 7.05 Å². The number of carbonyl (C=O) groups excluding carboxylic acids is 1. The minimum absolute atomic E-state index is 0.0377. The summed E-state index contributed by atoms with van der Waals surface area (Å²) in [4.78, 5) is 16.4. The Morgan fingerprint density at radius 2 is 1.72 bits per heavy atom. The summed E-state index contributed by atoms with van der Waals surface area (Å²) in [5, 5.41) is 9.58. The molecular formula is C23H32N4O2. The van der Waals surface area contributed by atoms with Crippen molar-refractivity contribution in [1.29, 1.82) is 0 Å². The highest BCUT2D eigenvalue weighted by atomic mass is 16.5. The lowest BCUT2D eigenvalue weighted by Crippen LogP contribution is -2.36. The molecule has 1 unspecified atom stereocenters. The van der Waals surface area contributed by atoms with E-state index in [0.29, 0.717) is 31.2 Å². The zero-order valence-corrected chi connectivity index (χ0v) is 17.8. The van der Waals surface area contributed by atoms with Crippen LogP contribution in [0.2, 0.25) is 0 Å². The lowest BCUT2D eigenvalue weighted by atomic mass is 10.1. The normalized spacial score (nSPS) is 12.2. The summed E-state index contributed by atoms with van der Waals surface area (Å²) in [5.74, 6) is 1.54. The molecule has 29 heavy (non-hydrogen) atoms. The Morgan fingerprint density at radius 3 is 2.38 bits per heavy atom. The van der Waals surface area contributed by atoms with Crippen LogP contribution in [0.15, 0.2) is 53.5 Å². The molecule has 3 N–H and O–H groups in total. The summed E-state index contributed by atoms with van der Waals surface area (Å²) in [5.41, 5.74) is 2.82. The molecule has 6 nitrogen and oxygen atoms in total. The number of carbonyl (C=O) groups is 1. The molecular weight excluding hydrogens is 364 g/mol. The first kappa shape index (κ1) is 22.3. The molecule has 1 atom stereocenters. The highest BCUT2D eigenvalue weighted by molar-refractivity contribution is 5.94. The highest BCUT2D eigenvalue weighted by Gasteiger charge is 2.08. The topological polar surface area (TPSA) is 74.8 Å². The minimum Gasteiger partial charge on any atom is -0.494 e. The van der Waals surface area contributed by atoms with Crippen molar-refractivity contribution in [3.63, 3.8) is 0 Å². The maximum Gasteiger partial charge on any atom is 0.251 e. The third-order valence-electron chi connectivity index (χ3n) is 4.61. The number of aliphatic imine (C=N–C) groups is 1. The third-order valence-corrected chi connectivity index (χ3v) is 4.61. The number of hydrogen-bond acceptors (Lipinski definition) is 3. The third kappa shape index (κ3) is 7.14. The van der Waals surface area contributed by atoms with Crippen LogP contribution >= 0.6 is 0 Å². The van der Waals surface area contributed by atoms with Crippen molar-refractivity contribution in [2.45, 2.75) is 46.3 Å². The van der Waals surface area contributed by atoms with Gasteiger partial charge in [0, 0.05) is 37.3 Å². The van der Waals surface area contributed by atoms with E-state index in [1.165, 1.54) is 0 Å². The van der Waals surface area contributed by atoms with E-state index in [4.69, 9.17) is 4.74 Å². The molecule has 0 aliphatic heterocycles. The molecule has 0 fully saturated rings. The van der Waals surface area contributed by atoms with Gasteiger partial charge >= 0.3 is 0 Å². The first-order valence-corrected chi connectivity index (χ1v) is 10.1. The van der Waals surface area contributed by atoms with Crippen molar-refractivity contribution in [1.82, 2.24) is 16.0 Å². The Bertz CT molecular complexity index is 803. The number of nitrogens with zero attached hydrogens (tertiary/aromatic N) is 1. The van der Waals surface area contributed by atoms with E-state index < -0.39 is 0 Å². The fourth-order valence-electron chi connectivity index (χ4n) is 2.71. The SMILES string of the molecule is CCOc1ccccc1CNC(=NC)NCc1ccc(C(=O)NC(C)CC)cc1. The van der Waals surface area contributed by atoms with Crippen LogP contribution in [-0.4, -0.2) is 31.6 Å². The molecule has 0 radical (unpaired) electrons. The summed E-state index contributed by atoms with van der Waals surface area (Å²) in [6.45, 7) is 7.89. The molecule has 0 bridgehead atoms. The minimum atomic E-state index is -0.0377. The molecule has 0 saturated heterocycles. The second-order valence-corrected chi connectivity index (χ2v) is 6.80. The van der Waals surface area contributed by atoms with Crippen molar-refractivity contribution in [3.8, 4) is 5.75 Å². The van der Waals surface area contributed by atoms with E-state index in [9.17, 15) is 4.79 Å². The number of para-hydroxylation sites is 1. The second-order valence-electron chi connectivity index (χ2n) is 6.80. The van der Waals surface area contributed by atoms with Gasteiger partial charge in [-0.15, -0.1) is 0 Å². The first-order chi connectivity index (χ1) is 14.1. The predicted molar refractivity (Wildman–Crippen MR) is 118 cm³/mol. The van der Waals surface area contributed by atoms with Gasteiger partial charge in [0.15, 0.2) is 5.96 Å². The Balaban J connectivity index is 1.87. The summed E-state index contributed by atoms with van der Waals surface area (Å²) in [7, 11) is 1.74. The fourth-order valence-corrected chi connectivity index (χ4v) is 2.71. The Morgan fingerprint density at radius 1 is 1.03 bits per heavy atom. The number of ether oxygens (including phenoxy) is 1. The van der Waals surface area contributed by atoms with E-state index in [1.807, 2.05) is 62.4 Å². The molecule has 0 aromatic heterocycles. The molecule has 1 amide bonds. The summed E-state index contributed by atoms with van der Waals surface area (Å²) in [6.07, 6.45) is 0.912. The molecule has 156 valence electrons. The maximum absolute atomic E-state index is 12.2. The maximum atomic E-state index is 12.2. The van der Waals surface area contributed by atoms with Gasteiger partial charge in [-0.05, 0) is 44.0 Å². The number of benzene rings is 2. The van der Waals surface area contributed by atoms with Gasteiger partial charge in [0.05, 0.1) is 6.61 Å². The van der Waals surface area contributed by atoms with Crippen molar-refractivity contribution in [2.75, 3.05) is 13.7 Å². The molecule has 0 heterocycles. The Labute approximate surface area is 173 Å². The van der Waals surface area contributed by atoms with E-state index in [0.717, 1.165) is 23.3 Å². The van der Waals surface area contributed by atoms with Crippen LogP contribution in [0.1, 0.15) is 48.7 Å². The van der Waals surface area contributed by atoms with Crippen molar-refractivity contribution >= 4 is 11.9 Å². The molecule has 0 aliphatic rings. The van der Waals surface area contributed by atoms with Crippen LogP contribution in [0, 0.1) is 0 Å². The van der Waals surface area contributed by atoms with Gasteiger partial charge in [0.25, 0.3) is 5.91 Å². The molecule has 2 aromatic rings. The van der Waals surface area contributed by atoms with Gasteiger partial charge in [-0.3, -0.25) is 9.79 Å². The van der Waals surface area contributed by atoms with Crippen molar-refractivity contribution in [3.05, 3.63) is 65.2 Å². The summed E-state index contributed by atoms with van der Waals surface area (Å²) >= 11 is 0. The molecule has 2 aromatic carbocycles. The number of guanidine groups is 1. The van der Waals surface area contributed by atoms with Gasteiger partial charge < -0.3 is 20.7 Å². The van der Waals surface area contributed by atoms with Crippen molar-refractivity contribution < 1.29 is 9.53 Å².